The van der Waals surface area contributed by atoms with Gasteiger partial charge < -0.3 is 4.90 Å². The summed E-state index contributed by atoms with van der Waals surface area (Å²) < 4.78 is 0. The molecule has 1 amide bonds. The molecule has 1 aromatic carbocycles. The number of carbonyl (C=O) groups is 1. The van der Waals surface area contributed by atoms with Crippen molar-refractivity contribution in [2.75, 3.05) is 6.54 Å². The van der Waals surface area contributed by atoms with Crippen LogP contribution in [-0.2, 0) is 0 Å². The van der Waals surface area contributed by atoms with E-state index in [1.54, 1.807) is 6.20 Å². The third kappa shape index (κ3) is 3.20. The Labute approximate surface area is 160 Å². The quantitative estimate of drug-likeness (QED) is 0.652. The van der Waals surface area contributed by atoms with Gasteiger partial charge in [-0.05, 0) is 68.9 Å². The number of amides is 1. The molecule has 1 aliphatic rings. The number of fused-ring (bicyclic) bond motifs is 1. The van der Waals surface area contributed by atoms with Crippen molar-refractivity contribution in [2.24, 2.45) is 0 Å². The van der Waals surface area contributed by atoms with E-state index in [1.807, 2.05) is 36.2 Å². The minimum atomic E-state index is 0.0926. The molecule has 1 atom stereocenters. The van der Waals surface area contributed by atoms with Crippen LogP contribution in [0.5, 0.6) is 0 Å². The van der Waals surface area contributed by atoms with Crippen LogP contribution in [0.3, 0.4) is 0 Å². The van der Waals surface area contributed by atoms with Gasteiger partial charge in [-0.15, -0.1) is 0 Å². The average molecular weight is 359 g/mol. The lowest BCUT2D eigenvalue weighted by atomic mass is 9.94. The van der Waals surface area contributed by atoms with Crippen LogP contribution in [0.15, 0.2) is 42.7 Å². The first kappa shape index (κ1) is 17.7. The highest BCUT2D eigenvalue weighted by molar-refractivity contribution is 6.07. The summed E-state index contributed by atoms with van der Waals surface area (Å²) in [4.78, 5) is 24.6. The van der Waals surface area contributed by atoms with Gasteiger partial charge in [0.15, 0.2) is 0 Å². The highest BCUT2D eigenvalue weighted by Gasteiger charge is 2.30. The lowest BCUT2D eigenvalue weighted by Gasteiger charge is -2.36. The molecule has 3 aromatic rings. The molecule has 0 bridgehead atoms. The number of hydrogen-bond acceptors (Lipinski definition) is 3. The highest BCUT2D eigenvalue weighted by Crippen LogP contribution is 2.33. The summed E-state index contributed by atoms with van der Waals surface area (Å²) >= 11 is 0. The van der Waals surface area contributed by atoms with Crippen molar-refractivity contribution in [3.05, 3.63) is 70.7 Å². The van der Waals surface area contributed by atoms with Crippen LogP contribution in [0.2, 0.25) is 0 Å². The van der Waals surface area contributed by atoms with E-state index in [4.69, 9.17) is 4.98 Å². The molecule has 4 nitrogen and oxygen atoms in total. The van der Waals surface area contributed by atoms with Crippen LogP contribution in [-0.4, -0.2) is 27.3 Å². The van der Waals surface area contributed by atoms with Gasteiger partial charge in [0, 0.05) is 30.0 Å². The first-order valence-electron chi connectivity index (χ1n) is 9.64. The van der Waals surface area contributed by atoms with E-state index in [2.05, 4.69) is 31.0 Å². The minimum Gasteiger partial charge on any atom is -0.332 e. The molecule has 0 radical (unpaired) electrons. The molecule has 4 heteroatoms. The van der Waals surface area contributed by atoms with Crippen molar-refractivity contribution in [1.82, 2.24) is 14.9 Å². The van der Waals surface area contributed by atoms with Gasteiger partial charge in [-0.1, -0.05) is 18.2 Å². The van der Waals surface area contributed by atoms with Crippen molar-refractivity contribution < 1.29 is 4.79 Å². The summed E-state index contributed by atoms with van der Waals surface area (Å²) in [5.41, 5.74) is 6.05. The topological polar surface area (TPSA) is 46.1 Å². The van der Waals surface area contributed by atoms with Crippen molar-refractivity contribution in [2.45, 2.75) is 46.1 Å². The molecule has 3 heterocycles. The summed E-state index contributed by atoms with van der Waals surface area (Å²) in [7, 11) is 0. The van der Waals surface area contributed by atoms with Crippen molar-refractivity contribution in [1.29, 1.82) is 0 Å². The largest absolute Gasteiger partial charge is 0.332 e. The number of rotatable bonds is 2. The zero-order valence-electron chi connectivity index (χ0n) is 16.2. The van der Waals surface area contributed by atoms with E-state index in [1.165, 1.54) is 5.56 Å². The Hall–Kier alpha value is -2.75. The third-order valence-electron chi connectivity index (χ3n) is 5.70. The Morgan fingerprint density at radius 1 is 1.15 bits per heavy atom. The maximum absolute atomic E-state index is 13.6. The van der Waals surface area contributed by atoms with Gasteiger partial charge in [-0.25, -0.2) is 0 Å². The maximum Gasteiger partial charge on any atom is 0.255 e. The van der Waals surface area contributed by atoms with Gasteiger partial charge in [0.05, 0.1) is 17.1 Å². The summed E-state index contributed by atoms with van der Waals surface area (Å²) in [6.45, 7) is 6.92. The Morgan fingerprint density at radius 2 is 2.00 bits per heavy atom. The first-order valence-corrected chi connectivity index (χ1v) is 9.64. The number of aryl methyl sites for hydroxylation is 3. The summed E-state index contributed by atoms with van der Waals surface area (Å²) in [5, 5.41) is 0.948. The molecule has 0 spiro atoms. The van der Waals surface area contributed by atoms with E-state index in [-0.39, 0.29) is 11.9 Å². The second-order valence-corrected chi connectivity index (χ2v) is 7.51. The summed E-state index contributed by atoms with van der Waals surface area (Å²) in [6, 6.07) is 10.2. The molecule has 27 heavy (non-hydrogen) atoms. The van der Waals surface area contributed by atoms with Crippen molar-refractivity contribution >= 4 is 16.8 Å². The Kier molecular flexibility index (Phi) is 4.65. The zero-order chi connectivity index (χ0) is 19.0. The van der Waals surface area contributed by atoms with E-state index >= 15 is 0 Å². The number of hydrogen-bond donors (Lipinski definition) is 0. The van der Waals surface area contributed by atoms with Crippen LogP contribution >= 0.6 is 0 Å². The number of pyridine rings is 2. The van der Waals surface area contributed by atoms with E-state index in [0.717, 1.165) is 59.1 Å². The van der Waals surface area contributed by atoms with Crippen molar-refractivity contribution in [3.63, 3.8) is 0 Å². The van der Waals surface area contributed by atoms with Crippen molar-refractivity contribution in [3.8, 4) is 0 Å². The maximum atomic E-state index is 13.6. The predicted octanol–water partition coefficient (Wildman–Crippen LogP) is 4.92. The molecule has 1 aliphatic heterocycles. The molecule has 0 saturated carbocycles. The van der Waals surface area contributed by atoms with Gasteiger partial charge in [-0.2, -0.15) is 0 Å². The highest BCUT2D eigenvalue weighted by atomic mass is 16.2. The van der Waals surface area contributed by atoms with Gasteiger partial charge in [0.1, 0.15) is 0 Å². The minimum absolute atomic E-state index is 0.0926. The van der Waals surface area contributed by atoms with Crippen LogP contribution in [0.25, 0.3) is 10.9 Å². The number of aromatic nitrogens is 2. The number of likely N-dealkylation sites (tertiary alicyclic amines) is 1. The van der Waals surface area contributed by atoms with Gasteiger partial charge in [0.2, 0.25) is 0 Å². The Balaban J connectivity index is 1.81. The average Bonchev–Trinajstić information content (AvgIpc) is 2.70. The van der Waals surface area contributed by atoms with E-state index in [9.17, 15) is 4.79 Å². The fourth-order valence-corrected chi connectivity index (χ4v) is 4.08. The lowest BCUT2D eigenvalue weighted by Crippen LogP contribution is -2.38. The van der Waals surface area contributed by atoms with Gasteiger partial charge in [0.25, 0.3) is 5.91 Å². The van der Waals surface area contributed by atoms with Crippen LogP contribution in [0.4, 0.5) is 0 Å². The van der Waals surface area contributed by atoms with Gasteiger partial charge >= 0.3 is 0 Å². The molecule has 0 N–H and O–H groups in total. The molecular formula is C23H25N3O. The van der Waals surface area contributed by atoms with E-state index in [0.29, 0.717) is 0 Å². The van der Waals surface area contributed by atoms with Crippen LogP contribution in [0.1, 0.15) is 58.0 Å². The third-order valence-corrected chi connectivity index (χ3v) is 5.70. The zero-order valence-corrected chi connectivity index (χ0v) is 16.2. The molecule has 2 aromatic heterocycles. The molecule has 4 rings (SSSR count). The molecular weight excluding hydrogens is 334 g/mol. The molecule has 0 aliphatic carbocycles. The predicted molar refractivity (Wildman–Crippen MR) is 108 cm³/mol. The second kappa shape index (κ2) is 7.10. The SMILES string of the molecule is Cc1cc(C(=O)N2CCCCC2c2cccnc2)c2ccc(C)c(C)c2n1. The monoisotopic (exact) mass is 359 g/mol. The summed E-state index contributed by atoms with van der Waals surface area (Å²) in [5.74, 6) is 0.0994. The number of carbonyl (C=O) groups excluding carboxylic acids is 1. The number of benzene rings is 1. The molecule has 1 fully saturated rings. The standard InChI is InChI=1S/C23H25N3O/c1-15-9-10-19-20(13-16(2)25-22(19)17(15)3)23(27)26-12-5-4-8-21(26)18-7-6-11-24-14-18/h6-7,9-11,13-14,21H,4-5,8,12H2,1-3H3. The number of piperidine rings is 1. The van der Waals surface area contributed by atoms with Gasteiger partial charge in [-0.3, -0.25) is 14.8 Å². The lowest BCUT2D eigenvalue weighted by molar-refractivity contribution is 0.0613. The first-order chi connectivity index (χ1) is 13.1. The molecule has 138 valence electrons. The smallest absolute Gasteiger partial charge is 0.255 e. The summed E-state index contributed by atoms with van der Waals surface area (Å²) in [6.07, 6.45) is 6.83. The fraction of sp³-hybridized carbons (Fsp3) is 0.348. The number of nitrogens with zero attached hydrogens (tertiary/aromatic N) is 3. The second-order valence-electron chi connectivity index (χ2n) is 7.51. The van der Waals surface area contributed by atoms with Crippen LogP contribution < -0.4 is 0 Å². The molecule has 1 saturated heterocycles. The Morgan fingerprint density at radius 3 is 2.78 bits per heavy atom. The normalized spacial score (nSPS) is 17.3. The fourth-order valence-electron chi connectivity index (χ4n) is 4.08. The van der Waals surface area contributed by atoms with Crippen LogP contribution in [0, 0.1) is 20.8 Å². The molecule has 1 unspecified atom stereocenters. The van der Waals surface area contributed by atoms with E-state index < -0.39 is 0 Å². The Bertz CT molecular complexity index is 997.